The number of rotatable bonds is 7. The summed E-state index contributed by atoms with van der Waals surface area (Å²) in [5.74, 6) is 0.344. The van der Waals surface area contributed by atoms with Gasteiger partial charge in [-0.05, 0) is 30.3 Å². The summed E-state index contributed by atoms with van der Waals surface area (Å²) in [5, 5.41) is 13.1. The number of hydrogen-bond acceptors (Lipinski definition) is 5. The lowest BCUT2D eigenvalue weighted by molar-refractivity contribution is 0.0359. The molecular weight excluding hydrogens is 462 g/mol. The maximum Gasteiger partial charge on any atom is 0.195 e. The van der Waals surface area contributed by atoms with Crippen LogP contribution in [0.1, 0.15) is 22.0 Å². The summed E-state index contributed by atoms with van der Waals surface area (Å²) in [5.41, 5.74) is 3.23. The van der Waals surface area contributed by atoms with Crippen LogP contribution < -0.4 is 9.64 Å². The lowest BCUT2D eigenvalue weighted by atomic mass is 9.92. The van der Waals surface area contributed by atoms with Gasteiger partial charge in [-0.15, -0.1) is 0 Å². The highest BCUT2D eigenvalue weighted by Crippen LogP contribution is 2.35. The molecule has 0 bridgehead atoms. The van der Waals surface area contributed by atoms with Crippen LogP contribution in [-0.4, -0.2) is 60.2 Å². The first-order chi connectivity index (χ1) is 17.1. The van der Waals surface area contributed by atoms with Gasteiger partial charge >= 0.3 is 0 Å². The van der Waals surface area contributed by atoms with Crippen molar-refractivity contribution in [3.8, 4) is 5.75 Å². The molecule has 1 aliphatic rings. The highest BCUT2D eigenvalue weighted by atomic mass is 35.5. The zero-order chi connectivity index (χ0) is 24.4. The van der Waals surface area contributed by atoms with Gasteiger partial charge < -0.3 is 19.7 Å². The molecule has 2 heterocycles. The molecule has 35 heavy (non-hydrogen) atoms. The van der Waals surface area contributed by atoms with E-state index in [-0.39, 0.29) is 5.78 Å². The van der Waals surface area contributed by atoms with Crippen molar-refractivity contribution in [3.05, 3.63) is 95.1 Å². The quantitative estimate of drug-likeness (QED) is 0.360. The van der Waals surface area contributed by atoms with Crippen molar-refractivity contribution < 1.29 is 14.6 Å². The number of nitrogens with one attached hydrogen (secondary N) is 1. The van der Waals surface area contributed by atoms with Gasteiger partial charge in [0.1, 0.15) is 11.9 Å². The number of H-pyrrole nitrogens is 1. The first kappa shape index (κ1) is 23.4. The number of methoxy groups -OCH3 is 1. The average Bonchev–Trinajstić information content (AvgIpc) is 3.33. The van der Waals surface area contributed by atoms with Gasteiger partial charge in [0.2, 0.25) is 0 Å². The number of ketones is 1. The average molecular weight is 490 g/mol. The molecule has 1 aromatic heterocycles. The molecular formula is C28H28ClN3O3. The van der Waals surface area contributed by atoms with Gasteiger partial charge in [0.15, 0.2) is 5.78 Å². The van der Waals surface area contributed by atoms with Gasteiger partial charge in [0, 0.05) is 65.1 Å². The summed E-state index contributed by atoms with van der Waals surface area (Å²) < 4.78 is 5.63. The molecule has 4 aromatic rings. The molecule has 2 atom stereocenters. The topological polar surface area (TPSA) is 68.8 Å². The molecule has 7 heteroatoms. The van der Waals surface area contributed by atoms with Crippen molar-refractivity contribution in [2.45, 2.75) is 12.1 Å². The Kier molecular flexibility index (Phi) is 6.77. The van der Waals surface area contributed by atoms with Crippen molar-refractivity contribution in [1.82, 2.24) is 9.88 Å². The smallest absolute Gasteiger partial charge is 0.195 e. The lowest BCUT2D eigenvalue weighted by Gasteiger charge is -2.42. The maximum atomic E-state index is 13.6. The normalized spacial score (nSPS) is 16.3. The zero-order valence-corrected chi connectivity index (χ0v) is 20.3. The Morgan fingerprint density at radius 1 is 1.00 bits per heavy atom. The standard InChI is InChI=1S/C28H28ClN3O3/c1-35-25-12-5-3-10-22(25)26(28(34)27(33)23-18-30-24-11-4-2-9-21(23)24)32-15-13-31(14-16-32)20-8-6-7-19(29)17-20/h2-12,17-18,26,28,30,34H,13-16H2,1H3/t26-,28+/m1/s1. The molecule has 1 aliphatic heterocycles. The Bertz CT molecular complexity index is 1330. The number of nitrogens with zero attached hydrogens (tertiary/aromatic N) is 2. The van der Waals surface area contributed by atoms with Crippen LogP contribution in [0.4, 0.5) is 5.69 Å². The van der Waals surface area contributed by atoms with E-state index in [1.165, 1.54) is 0 Å². The summed E-state index contributed by atoms with van der Waals surface area (Å²) in [7, 11) is 1.61. The van der Waals surface area contributed by atoms with Gasteiger partial charge in [0.25, 0.3) is 0 Å². The molecule has 0 spiro atoms. The minimum Gasteiger partial charge on any atom is -0.496 e. The maximum absolute atomic E-state index is 13.6. The molecule has 6 nitrogen and oxygen atoms in total. The second kappa shape index (κ2) is 10.1. The second-order valence-corrected chi connectivity index (χ2v) is 9.18. The molecule has 0 unspecified atom stereocenters. The van der Waals surface area contributed by atoms with Crippen LogP contribution in [0.3, 0.4) is 0 Å². The number of benzene rings is 3. The Hall–Kier alpha value is -3.32. The van der Waals surface area contributed by atoms with E-state index in [1.54, 1.807) is 13.3 Å². The number of hydrogen-bond donors (Lipinski definition) is 2. The second-order valence-electron chi connectivity index (χ2n) is 8.75. The fourth-order valence-electron chi connectivity index (χ4n) is 4.99. The van der Waals surface area contributed by atoms with Crippen molar-refractivity contribution in [3.63, 3.8) is 0 Å². The van der Waals surface area contributed by atoms with Gasteiger partial charge in [0.05, 0.1) is 13.2 Å². The summed E-state index contributed by atoms with van der Waals surface area (Å²) in [4.78, 5) is 21.2. The molecule has 1 saturated heterocycles. The van der Waals surface area contributed by atoms with E-state index in [2.05, 4.69) is 20.9 Å². The van der Waals surface area contributed by atoms with Gasteiger partial charge in [-0.3, -0.25) is 9.69 Å². The van der Waals surface area contributed by atoms with Gasteiger partial charge in [-0.1, -0.05) is 54.1 Å². The summed E-state index contributed by atoms with van der Waals surface area (Å²) >= 11 is 6.20. The largest absolute Gasteiger partial charge is 0.496 e. The molecule has 5 rings (SSSR count). The number of aliphatic hydroxyl groups excluding tert-OH is 1. The number of aliphatic hydroxyl groups is 1. The predicted molar refractivity (Wildman–Crippen MR) is 140 cm³/mol. The third-order valence-electron chi connectivity index (χ3n) is 6.76. The Morgan fingerprint density at radius 2 is 1.74 bits per heavy atom. The van der Waals surface area contributed by atoms with E-state index < -0.39 is 12.1 Å². The molecule has 2 N–H and O–H groups in total. The number of carbonyl (C=O) groups excluding carboxylic acids is 1. The summed E-state index contributed by atoms with van der Waals surface area (Å²) in [6.45, 7) is 2.85. The van der Waals surface area contributed by atoms with Crippen LogP contribution >= 0.6 is 11.6 Å². The highest BCUT2D eigenvalue weighted by Gasteiger charge is 2.37. The van der Waals surface area contributed by atoms with E-state index in [9.17, 15) is 9.90 Å². The first-order valence-electron chi connectivity index (χ1n) is 11.7. The number of para-hydroxylation sites is 2. The molecule has 0 aliphatic carbocycles. The number of fused-ring (bicyclic) bond motifs is 1. The molecule has 180 valence electrons. The fraction of sp³-hybridized carbons (Fsp3) is 0.250. The van der Waals surface area contributed by atoms with E-state index >= 15 is 0 Å². The third-order valence-corrected chi connectivity index (χ3v) is 7.00. The van der Waals surface area contributed by atoms with Crippen LogP contribution in [0.15, 0.2) is 79.0 Å². The molecule has 0 saturated carbocycles. The number of ether oxygens (including phenoxy) is 1. The molecule has 0 radical (unpaired) electrons. The van der Waals surface area contributed by atoms with Gasteiger partial charge in [-0.2, -0.15) is 0 Å². The van der Waals surface area contributed by atoms with Crippen molar-refractivity contribution >= 4 is 34.0 Å². The Balaban J connectivity index is 1.45. The van der Waals surface area contributed by atoms with E-state index in [4.69, 9.17) is 16.3 Å². The van der Waals surface area contributed by atoms with Crippen molar-refractivity contribution in [2.75, 3.05) is 38.2 Å². The lowest BCUT2D eigenvalue weighted by Crippen LogP contribution is -2.51. The van der Waals surface area contributed by atoms with Crippen LogP contribution in [0.5, 0.6) is 5.75 Å². The number of piperazine rings is 1. The van der Waals surface area contributed by atoms with E-state index in [0.717, 1.165) is 35.2 Å². The minimum absolute atomic E-state index is 0.310. The van der Waals surface area contributed by atoms with Crippen LogP contribution in [0, 0.1) is 0 Å². The Labute approximate surface area is 209 Å². The minimum atomic E-state index is -1.26. The fourth-order valence-corrected chi connectivity index (χ4v) is 5.17. The summed E-state index contributed by atoms with van der Waals surface area (Å²) in [6.07, 6.45) is 0.426. The van der Waals surface area contributed by atoms with Crippen molar-refractivity contribution in [2.24, 2.45) is 0 Å². The number of carbonyl (C=O) groups is 1. The van der Waals surface area contributed by atoms with E-state index in [1.807, 2.05) is 66.7 Å². The van der Waals surface area contributed by atoms with Crippen LogP contribution in [0.25, 0.3) is 10.9 Å². The number of aromatic nitrogens is 1. The number of anilines is 1. The number of halogens is 1. The molecule has 1 fully saturated rings. The molecule has 3 aromatic carbocycles. The monoisotopic (exact) mass is 489 g/mol. The first-order valence-corrected chi connectivity index (χ1v) is 12.1. The third kappa shape index (κ3) is 4.65. The predicted octanol–water partition coefficient (Wildman–Crippen LogP) is 4.94. The number of Topliss-reactive ketones (excluding diaryl/α,β-unsaturated/α-hetero) is 1. The van der Waals surface area contributed by atoms with E-state index in [0.29, 0.717) is 29.4 Å². The van der Waals surface area contributed by atoms with Gasteiger partial charge in [-0.25, -0.2) is 0 Å². The molecule has 0 amide bonds. The highest BCUT2D eigenvalue weighted by molar-refractivity contribution is 6.30. The Morgan fingerprint density at radius 3 is 2.51 bits per heavy atom. The zero-order valence-electron chi connectivity index (χ0n) is 19.5. The van der Waals surface area contributed by atoms with Crippen LogP contribution in [0.2, 0.25) is 5.02 Å². The number of aromatic amines is 1. The summed E-state index contributed by atoms with van der Waals surface area (Å²) in [6, 6.07) is 22.5. The van der Waals surface area contributed by atoms with Crippen LogP contribution in [-0.2, 0) is 0 Å². The van der Waals surface area contributed by atoms with Crippen molar-refractivity contribution in [1.29, 1.82) is 0 Å². The SMILES string of the molecule is COc1ccccc1[C@H]([C@H](O)C(=O)c1c[nH]c2ccccc12)N1CCN(c2cccc(Cl)c2)CC1.